The van der Waals surface area contributed by atoms with Gasteiger partial charge < -0.3 is 34.6 Å². The van der Waals surface area contributed by atoms with Gasteiger partial charge in [-0.05, 0) is 57.7 Å². The third-order valence-electron chi connectivity index (χ3n) is 7.23. The van der Waals surface area contributed by atoms with Gasteiger partial charge in [-0.25, -0.2) is 9.78 Å². The molecule has 42 heavy (non-hydrogen) atoms. The number of hydrogen-bond donors (Lipinski definition) is 2. The van der Waals surface area contributed by atoms with Crippen molar-refractivity contribution in [2.24, 2.45) is 5.92 Å². The number of amides is 1. The fourth-order valence-electron chi connectivity index (χ4n) is 5.04. The number of ether oxygens (including phenoxy) is 3. The van der Waals surface area contributed by atoms with Crippen LogP contribution in [0.2, 0.25) is 0 Å². The Balaban J connectivity index is 1.50. The Hall–Kier alpha value is -3.79. The Labute approximate surface area is 249 Å². The van der Waals surface area contributed by atoms with E-state index in [4.69, 9.17) is 24.2 Å². The van der Waals surface area contributed by atoms with Gasteiger partial charge in [-0.1, -0.05) is 13.8 Å². The summed E-state index contributed by atoms with van der Waals surface area (Å²) >= 11 is 0. The standard InChI is InChI=1S/C32H46N6O4/c1-22(2)33-12-15-38(25-16-26(40-6)19-27(17-25)41-7)24-8-9-28-29(18-24)36-30(21-34-28)37-13-10-23(11-14-37)20-35-31(39)42-32(3,4)5/h8-9,16-19,21-23,33H,10-15,20H2,1-7H3,(H,35,39). The smallest absolute Gasteiger partial charge is 0.407 e. The van der Waals surface area contributed by atoms with Crippen molar-refractivity contribution >= 4 is 34.3 Å². The van der Waals surface area contributed by atoms with Crippen LogP contribution in [-0.2, 0) is 4.74 Å². The van der Waals surface area contributed by atoms with Gasteiger partial charge in [0.25, 0.3) is 0 Å². The van der Waals surface area contributed by atoms with Crippen LogP contribution in [-0.4, -0.2) is 74.6 Å². The number of alkyl carbamates (subject to hydrolysis) is 1. The number of anilines is 3. The highest BCUT2D eigenvalue weighted by molar-refractivity contribution is 5.82. The first-order valence-corrected chi connectivity index (χ1v) is 14.8. The molecule has 4 rings (SSSR count). The molecule has 1 aliphatic heterocycles. The average Bonchev–Trinajstić information content (AvgIpc) is 2.96. The topological polar surface area (TPSA) is 101 Å². The van der Waals surface area contributed by atoms with Gasteiger partial charge in [0, 0.05) is 68.3 Å². The van der Waals surface area contributed by atoms with E-state index >= 15 is 0 Å². The van der Waals surface area contributed by atoms with Crippen LogP contribution in [0.3, 0.4) is 0 Å². The van der Waals surface area contributed by atoms with E-state index in [9.17, 15) is 4.79 Å². The molecule has 0 aliphatic carbocycles. The van der Waals surface area contributed by atoms with Gasteiger partial charge in [-0.3, -0.25) is 4.98 Å². The predicted octanol–water partition coefficient (Wildman–Crippen LogP) is 5.52. The van der Waals surface area contributed by atoms with Crippen molar-refractivity contribution in [3.63, 3.8) is 0 Å². The molecule has 228 valence electrons. The van der Waals surface area contributed by atoms with E-state index in [0.717, 1.165) is 78.7 Å². The molecule has 10 nitrogen and oxygen atoms in total. The summed E-state index contributed by atoms with van der Waals surface area (Å²) in [4.78, 5) is 26.3. The van der Waals surface area contributed by atoms with Crippen LogP contribution in [0.1, 0.15) is 47.5 Å². The van der Waals surface area contributed by atoms with Crippen LogP contribution in [0.5, 0.6) is 11.5 Å². The molecule has 2 N–H and O–H groups in total. The number of hydrogen-bond acceptors (Lipinski definition) is 9. The van der Waals surface area contributed by atoms with Crippen LogP contribution < -0.4 is 29.9 Å². The molecule has 1 saturated heterocycles. The first-order valence-electron chi connectivity index (χ1n) is 14.8. The van der Waals surface area contributed by atoms with Gasteiger partial charge in [0.15, 0.2) is 0 Å². The Bertz CT molecular complexity index is 1310. The van der Waals surface area contributed by atoms with Gasteiger partial charge >= 0.3 is 6.09 Å². The fraction of sp³-hybridized carbons (Fsp3) is 0.531. The summed E-state index contributed by atoms with van der Waals surface area (Å²) in [6.45, 7) is 13.8. The molecule has 2 aromatic carbocycles. The number of piperidine rings is 1. The van der Waals surface area contributed by atoms with E-state index in [1.807, 2.05) is 51.2 Å². The fourth-order valence-corrected chi connectivity index (χ4v) is 5.04. The number of methoxy groups -OCH3 is 2. The molecule has 0 unspecified atom stereocenters. The number of carbonyl (C=O) groups excluding carboxylic acids is 1. The van der Waals surface area contributed by atoms with Crippen molar-refractivity contribution in [1.29, 1.82) is 0 Å². The summed E-state index contributed by atoms with van der Waals surface area (Å²) in [6, 6.07) is 12.5. The van der Waals surface area contributed by atoms with E-state index in [0.29, 0.717) is 18.5 Å². The first kappa shape index (κ1) is 31.2. The molecule has 1 amide bonds. The zero-order valence-electron chi connectivity index (χ0n) is 26.1. The molecule has 1 aliphatic rings. The highest BCUT2D eigenvalue weighted by atomic mass is 16.6. The Morgan fingerprint density at radius 2 is 1.71 bits per heavy atom. The van der Waals surface area contributed by atoms with Gasteiger partial charge in [0.2, 0.25) is 0 Å². The summed E-state index contributed by atoms with van der Waals surface area (Å²) in [6.07, 6.45) is 3.43. The Morgan fingerprint density at radius 1 is 1.02 bits per heavy atom. The minimum Gasteiger partial charge on any atom is -0.497 e. The minimum atomic E-state index is -0.495. The maximum atomic E-state index is 12.0. The maximum Gasteiger partial charge on any atom is 0.407 e. The summed E-state index contributed by atoms with van der Waals surface area (Å²) in [5.41, 5.74) is 3.19. The number of benzene rings is 2. The van der Waals surface area contributed by atoms with E-state index < -0.39 is 5.60 Å². The largest absolute Gasteiger partial charge is 0.497 e. The molecular formula is C32H46N6O4. The molecule has 1 fully saturated rings. The molecule has 0 atom stereocenters. The van der Waals surface area contributed by atoms with Crippen LogP contribution in [0.4, 0.5) is 22.0 Å². The van der Waals surface area contributed by atoms with Crippen molar-refractivity contribution in [2.75, 3.05) is 56.7 Å². The van der Waals surface area contributed by atoms with Crippen LogP contribution in [0.15, 0.2) is 42.6 Å². The SMILES string of the molecule is COc1cc(OC)cc(N(CCNC(C)C)c2ccc3ncc(N4CCC(CNC(=O)OC(C)(C)C)CC4)nc3c2)c1. The van der Waals surface area contributed by atoms with Crippen molar-refractivity contribution in [3.8, 4) is 11.5 Å². The summed E-state index contributed by atoms with van der Waals surface area (Å²) in [5, 5.41) is 6.44. The number of carbonyl (C=O) groups is 1. The number of nitrogens with one attached hydrogen (secondary N) is 2. The zero-order chi connectivity index (χ0) is 30.3. The molecule has 3 aromatic rings. The van der Waals surface area contributed by atoms with Gasteiger partial charge in [-0.2, -0.15) is 0 Å². The van der Waals surface area contributed by atoms with E-state index in [1.165, 1.54) is 0 Å². The number of nitrogens with zero attached hydrogens (tertiary/aromatic N) is 4. The molecule has 0 radical (unpaired) electrons. The number of aromatic nitrogens is 2. The van der Waals surface area contributed by atoms with Crippen molar-refractivity contribution in [2.45, 2.75) is 59.1 Å². The number of fused-ring (bicyclic) bond motifs is 1. The van der Waals surface area contributed by atoms with E-state index in [2.05, 4.69) is 46.4 Å². The summed E-state index contributed by atoms with van der Waals surface area (Å²) < 4.78 is 16.5. The Morgan fingerprint density at radius 3 is 2.33 bits per heavy atom. The molecule has 2 heterocycles. The second-order valence-corrected chi connectivity index (χ2v) is 12.0. The predicted molar refractivity (Wildman–Crippen MR) is 168 cm³/mol. The molecule has 0 spiro atoms. The second kappa shape index (κ2) is 13.9. The van der Waals surface area contributed by atoms with E-state index in [1.54, 1.807) is 14.2 Å². The van der Waals surface area contributed by atoms with Crippen molar-refractivity contribution in [1.82, 2.24) is 20.6 Å². The Kier molecular flexibility index (Phi) is 10.3. The third kappa shape index (κ3) is 8.61. The highest BCUT2D eigenvalue weighted by Gasteiger charge is 2.23. The van der Waals surface area contributed by atoms with Gasteiger partial charge in [0.05, 0.1) is 31.4 Å². The van der Waals surface area contributed by atoms with Gasteiger partial charge in [0.1, 0.15) is 22.9 Å². The minimum absolute atomic E-state index is 0.359. The summed E-state index contributed by atoms with van der Waals surface area (Å²) in [7, 11) is 3.33. The van der Waals surface area contributed by atoms with Crippen LogP contribution in [0, 0.1) is 5.92 Å². The normalized spacial score (nSPS) is 14.2. The zero-order valence-corrected chi connectivity index (χ0v) is 26.1. The third-order valence-corrected chi connectivity index (χ3v) is 7.23. The lowest BCUT2D eigenvalue weighted by molar-refractivity contribution is 0.0516. The lowest BCUT2D eigenvalue weighted by Gasteiger charge is -2.33. The monoisotopic (exact) mass is 578 g/mol. The lowest BCUT2D eigenvalue weighted by Crippen LogP contribution is -2.40. The quantitative estimate of drug-likeness (QED) is 0.304. The molecule has 0 saturated carbocycles. The molecular weight excluding hydrogens is 532 g/mol. The van der Waals surface area contributed by atoms with Gasteiger partial charge in [-0.15, -0.1) is 0 Å². The van der Waals surface area contributed by atoms with Crippen LogP contribution in [0.25, 0.3) is 11.0 Å². The molecule has 1 aromatic heterocycles. The summed E-state index contributed by atoms with van der Waals surface area (Å²) in [5.74, 6) is 2.74. The maximum absolute atomic E-state index is 12.0. The first-order chi connectivity index (χ1) is 20.0. The molecule has 0 bridgehead atoms. The highest BCUT2D eigenvalue weighted by Crippen LogP contribution is 2.34. The van der Waals surface area contributed by atoms with Crippen LogP contribution >= 0.6 is 0 Å². The van der Waals surface area contributed by atoms with Crippen molar-refractivity contribution < 1.29 is 19.0 Å². The van der Waals surface area contributed by atoms with E-state index in [-0.39, 0.29) is 6.09 Å². The molecule has 10 heteroatoms. The number of rotatable bonds is 11. The van der Waals surface area contributed by atoms with Crippen molar-refractivity contribution in [3.05, 3.63) is 42.6 Å². The lowest BCUT2D eigenvalue weighted by atomic mass is 9.97. The second-order valence-electron chi connectivity index (χ2n) is 12.0. The average molecular weight is 579 g/mol.